The molecule has 0 saturated carbocycles. The third-order valence-electron chi connectivity index (χ3n) is 2.63. The zero-order valence-electron chi connectivity index (χ0n) is 9.69. The summed E-state index contributed by atoms with van der Waals surface area (Å²) < 4.78 is 9.99. The van der Waals surface area contributed by atoms with E-state index in [9.17, 15) is 9.59 Å². The number of ether oxygens (including phenoxy) is 2. The van der Waals surface area contributed by atoms with Crippen molar-refractivity contribution in [3.05, 3.63) is 29.3 Å². The maximum absolute atomic E-state index is 11.3. The van der Waals surface area contributed by atoms with Gasteiger partial charge >= 0.3 is 11.9 Å². The van der Waals surface area contributed by atoms with Gasteiger partial charge in [0, 0.05) is 0 Å². The fourth-order valence-corrected chi connectivity index (χ4v) is 1.70. The van der Waals surface area contributed by atoms with Crippen LogP contribution in [0.5, 0.6) is 5.75 Å². The van der Waals surface area contributed by atoms with E-state index in [1.165, 1.54) is 0 Å². The Morgan fingerprint density at radius 3 is 2.65 bits per heavy atom. The molecule has 2 rings (SSSR count). The highest BCUT2D eigenvalue weighted by molar-refractivity contribution is 6.14. The molecule has 1 aromatic carbocycles. The summed E-state index contributed by atoms with van der Waals surface area (Å²) in [5, 5.41) is 0. The Hall–Kier alpha value is -1.84. The van der Waals surface area contributed by atoms with Crippen molar-refractivity contribution in [3.8, 4) is 5.75 Å². The molecule has 0 unspecified atom stereocenters. The first-order chi connectivity index (χ1) is 8.22. The third kappa shape index (κ3) is 2.46. The maximum atomic E-state index is 11.3. The van der Waals surface area contributed by atoms with Crippen molar-refractivity contribution >= 4 is 11.9 Å². The Morgan fingerprint density at radius 1 is 1.12 bits per heavy atom. The first kappa shape index (κ1) is 11.6. The second kappa shape index (κ2) is 4.99. The van der Waals surface area contributed by atoms with Crippen LogP contribution in [-0.2, 0) is 4.74 Å². The molecular formula is C13H14O4. The predicted octanol–water partition coefficient (Wildman–Crippen LogP) is 2.57. The van der Waals surface area contributed by atoms with Gasteiger partial charge in [-0.15, -0.1) is 0 Å². The molecule has 90 valence electrons. The average Bonchev–Trinajstić information content (AvgIpc) is 2.61. The number of rotatable bonds is 5. The summed E-state index contributed by atoms with van der Waals surface area (Å²) in [4.78, 5) is 22.5. The van der Waals surface area contributed by atoms with Crippen molar-refractivity contribution in [2.45, 2.75) is 26.2 Å². The number of carbonyl (C=O) groups is 2. The minimum Gasteiger partial charge on any atom is -0.494 e. The summed E-state index contributed by atoms with van der Waals surface area (Å²) in [7, 11) is 0. The van der Waals surface area contributed by atoms with Gasteiger partial charge in [-0.25, -0.2) is 9.59 Å². The van der Waals surface area contributed by atoms with Crippen LogP contribution in [0.15, 0.2) is 18.2 Å². The van der Waals surface area contributed by atoms with E-state index in [1.807, 2.05) is 0 Å². The van der Waals surface area contributed by atoms with Gasteiger partial charge in [-0.3, -0.25) is 0 Å². The Labute approximate surface area is 99.5 Å². The predicted molar refractivity (Wildman–Crippen MR) is 61.2 cm³/mol. The highest BCUT2D eigenvalue weighted by Crippen LogP contribution is 2.24. The van der Waals surface area contributed by atoms with E-state index >= 15 is 0 Å². The lowest BCUT2D eigenvalue weighted by molar-refractivity contribution is 0.0443. The molecule has 0 atom stereocenters. The Morgan fingerprint density at radius 2 is 1.88 bits per heavy atom. The SMILES string of the molecule is CCCCCOc1ccc2c(c1)C(=O)OC2=O. The molecule has 0 aliphatic carbocycles. The van der Waals surface area contributed by atoms with Crippen LogP contribution in [0.2, 0.25) is 0 Å². The molecule has 1 aliphatic heterocycles. The van der Waals surface area contributed by atoms with Crippen molar-refractivity contribution in [1.29, 1.82) is 0 Å². The number of benzene rings is 1. The van der Waals surface area contributed by atoms with Crippen molar-refractivity contribution < 1.29 is 19.1 Å². The lowest BCUT2D eigenvalue weighted by Crippen LogP contribution is -1.99. The van der Waals surface area contributed by atoms with E-state index in [0.717, 1.165) is 19.3 Å². The zero-order chi connectivity index (χ0) is 12.3. The molecule has 0 amide bonds. The minimum atomic E-state index is -0.594. The van der Waals surface area contributed by atoms with Gasteiger partial charge in [-0.05, 0) is 24.6 Å². The van der Waals surface area contributed by atoms with Crippen molar-refractivity contribution in [1.82, 2.24) is 0 Å². The molecule has 1 heterocycles. The highest BCUT2D eigenvalue weighted by Gasteiger charge is 2.29. The summed E-state index contributed by atoms with van der Waals surface area (Å²) >= 11 is 0. The maximum Gasteiger partial charge on any atom is 0.347 e. The number of cyclic esters (lactones) is 2. The van der Waals surface area contributed by atoms with Gasteiger partial charge in [0.1, 0.15) is 5.75 Å². The van der Waals surface area contributed by atoms with Crippen LogP contribution in [-0.4, -0.2) is 18.5 Å². The van der Waals surface area contributed by atoms with Crippen LogP contribution in [0.1, 0.15) is 46.9 Å². The van der Waals surface area contributed by atoms with Crippen LogP contribution in [0.4, 0.5) is 0 Å². The van der Waals surface area contributed by atoms with E-state index in [0.29, 0.717) is 23.5 Å². The van der Waals surface area contributed by atoms with Gasteiger partial charge in [0.05, 0.1) is 17.7 Å². The second-order valence-corrected chi connectivity index (χ2v) is 3.94. The molecule has 4 heteroatoms. The first-order valence-corrected chi connectivity index (χ1v) is 5.75. The van der Waals surface area contributed by atoms with E-state index in [4.69, 9.17) is 4.74 Å². The number of hydrogen-bond acceptors (Lipinski definition) is 4. The fraction of sp³-hybridized carbons (Fsp3) is 0.385. The minimum absolute atomic E-state index is 0.294. The molecule has 0 spiro atoms. The fourth-order valence-electron chi connectivity index (χ4n) is 1.70. The van der Waals surface area contributed by atoms with Gasteiger partial charge in [0.2, 0.25) is 0 Å². The second-order valence-electron chi connectivity index (χ2n) is 3.94. The first-order valence-electron chi connectivity index (χ1n) is 5.75. The van der Waals surface area contributed by atoms with Crippen molar-refractivity contribution in [2.75, 3.05) is 6.61 Å². The molecule has 0 radical (unpaired) electrons. The van der Waals surface area contributed by atoms with Crippen molar-refractivity contribution in [2.24, 2.45) is 0 Å². The van der Waals surface area contributed by atoms with Gasteiger partial charge in [-0.2, -0.15) is 0 Å². The molecule has 0 bridgehead atoms. The summed E-state index contributed by atoms with van der Waals surface area (Å²) in [6.45, 7) is 2.74. The van der Waals surface area contributed by atoms with Crippen LogP contribution < -0.4 is 4.74 Å². The topological polar surface area (TPSA) is 52.6 Å². The number of unbranched alkanes of at least 4 members (excludes halogenated alkanes) is 2. The molecule has 1 aliphatic rings. The third-order valence-corrected chi connectivity index (χ3v) is 2.63. The number of hydrogen-bond donors (Lipinski definition) is 0. The van der Waals surface area contributed by atoms with Gasteiger partial charge in [0.15, 0.2) is 0 Å². The van der Waals surface area contributed by atoms with Gasteiger partial charge < -0.3 is 9.47 Å². The highest BCUT2D eigenvalue weighted by atomic mass is 16.6. The van der Waals surface area contributed by atoms with Crippen molar-refractivity contribution in [3.63, 3.8) is 0 Å². The monoisotopic (exact) mass is 234 g/mol. The molecule has 1 aromatic rings. The largest absolute Gasteiger partial charge is 0.494 e. The van der Waals surface area contributed by atoms with Crippen LogP contribution in [0, 0.1) is 0 Å². The number of carbonyl (C=O) groups excluding carboxylic acids is 2. The molecule has 0 N–H and O–H groups in total. The Kier molecular flexibility index (Phi) is 3.42. The van der Waals surface area contributed by atoms with Crippen LogP contribution in [0.3, 0.4) is 0 Å². The summed E-state index contributed by atoms with van der Waals surface area (Å²) in [5.74, 6) is -0.571. The lowest BCUT2D eigenvalue weighted by atomic mass is 10.1. The van der Waals surface area contributed by atoms with Gasteiger partial charge in [0.25, 0.3) is 0 Å². The molecular weight excluding hydrogens is 220 g/mol. The summed E-state index contributed by atoms with van der Waals surface area (Å²) in [5.41, 5.74) is 0.610. The smallest absolute Gasteiger partial charge is 0.347 e. The van der Waals surface area contributed by atoms with E-state index in [-0.39, 0.29) is 0 Å². The molecule has 0 saturated heterocycles. The normalized spacial score (nSPS) is 13.5. The van der Waals surface area contributed by atoms with Crippen LogP contribution in [0.25, 0.3) is 0 Å². The summed E-state index contributed by atoms with van der Waals surface area (Å²) in [6.07, 6.45) is 3.23. The Balaban J connectivity index is 2.04. The summed E-state index contributed by atoms with van der Waals surface area (Å²) in [6, 6.07) is 4.82. The van der Waals surface area contributed by atoms with E-state index in [1.54, 1.807) is 18.2 Å². The molecule has 17 heavy (non-hydrogen) atoms. The zero-order valence-corrected chi connectivity index (χ0v) is 9.69. The molecule has 0 aromatic heterocycles. The van der Waals surface area contributed by atoms with Gasteiger partial charge in [-0.1, -0.05) is 19.8 Å². The van der Waals surface area contributed by atoms with E-state index in [2.05, 4.69) is 11.7 Å². The number of esters is 2. The molecule has 0 fully saturated rings. The number of fused-ring (bicyclic) bond motifs is 1. The average molecular weight is 234 g/mol. The lowest BCUT2D eigenvalue weighted by Gasteiger charge is -2.05. The molecule has 4 nitrogen and oxygen atoms in total. The Bertz CT molecular complexity index is 451. The van der Waals surface area contributed by atoms with E-state index < -0.39 is 11.9 Å². The standard InChI is InChI=1S/C13H14O4/c1-2-3-4-7-16-9-5-6-10-11(8-9)13(15)17-12(10)14/h5-6,8H,2-4,7H2,1H3. The quantitative estimate of drug-likeness (QED) is 0.446. The van der Waals surface area contributed by atoms with Crippen LogP contribution >= 0.6 is 0 Å².